The topological polar surface area (TPSA) is 93.7 Å². The van der Waals surface area contributed by atoms with Crippen molar-refractivity contribution in [1.29, 1.82) is 0 Å². The lowest BCUT2D eigenvalue weighted by Crippen LogP contribution is -2.31. The van der Waals surface area contributed by atoms with Crippen molar-refractivity contribution in [3.63, 3.8) is 0 Å². The molecule has 0 aliphatic heterocycles. The van der Waals surface area contributed by atoms with Gasteiger partial charge >= 0.3 is 0 Å². The maximum Gasteiger partial charge on any atom is 0.258 e. The summed E-state index contributed by atoms with van der Waals surface area (Å²) >= 11 is 6.13. The molecule has 1 amide bonds. The van der Waals surface area contributed by atoms with Crippen LogP contribution in [0.15, 0.2) is 47.4 Å². The Balaban J connectivity index is 1.98. The lowest BCUT2D eigenvalue weighted by molar-refractivity contribution is -0.123. The molecule has 0 aliphatic carbocycles. The Morgan fingerprint density at radius 1 is 1.17 bits per heavy atom. The fourth-order valence-corrected chi connectivity index (χ4v) is 4.07. The van der Waals surface area contributed by atoms with Gasteiger partial charge in [0.1, 0.15) is 11.5 Å². The summed E-state index contributed by atoms with van der Waals surface area (Å²) in [6.07, 6.45) is 0.677. The molecule has 0 heterocycles. The highest BCUT2D eigenvalue weighted by atomic mass is 35.5. The van der Waals surface area contributed by atoms with Gasteiger partial charge in [0.05, 0.1) is 23.1 Å². The maximum atomic E-state index is 12.2. The van der Waals surface area contributed by atoms with Crippen LogP contribution in [0.2, 0.25) is 5.02 Å². The monoisotopic (exact) mass is 440 g/mol. The first-order valence-electron chi connectivity index (χ1n) is 9.12. The highest BCUT2D eigenvalue weighted by Crippen LogP contribution is 2.28. The molecule has 1 atom stereocenters. The zero-order chi connectivity index (χ0) is 21.4. The number of carbonyl (C=O) groups excluding carboxylic acids is 1. The number of rotatable bonds is 10. The van der Waals surface area contributed by atoms with Crippen molar-refractivity contribution < 1.29 is 22.7 Å². The number of hydrogen-bond acceptors (Lipinski definition) is 5. The van der Waals surface area contributed by atoms with E-state index in [0.29, 0.717) is 18.7 Å². The summed E-state index contributed by atoms with van der Waals surface area (Å²) < 4.78 is 37.5. The molecule has 0 unspecified atom stereocenters. The molecule has 2 aromatic carbocycles. The van der Waals surface area contributed by atoms with Gasteiger partial charge in [-0.1, -0.05) is 36.7 Å². The third kappa shape index (κ3) is 6.35. The van der Waals surface area contributed by atoms with E-state index in [4.69, 9.17) is 21.1 Å². The van der Waals surface area contributed by atoms with Crippen LogP contribution < -0.4 is 19.5 Å². The average molecular weight is 441 g/mol. The van der Waals surface area contributed by atoms with Crippen molar-refractivity contribution >= 4 is 27.5 Å². The van der Waals surface area contributed by atoms with E-state index in [1.54, 1.807) is 7.11 Å². The SMILES string of the molecule is CCCNS(=O)(=O)c1ccc(OCC(=O)N[C@@H](C)c2ccccc2OC)c(Cl)c1. The predicted octanol–water partition coefficient (Wildman–Crippen LogP) is 3.29. The van der Waals surface area contributed by atoms with Gasteiger partial charge in [-0.2, -0.15) is 0 Å². The van der Waals surface area contributed by atoms with Gasteiger partial charge in [0.15, 0.2) is 6.61 Å². The molecule has 0 aliphatic rings. The first-order chi connectivity index (χ1) is 13.8. The summed E-state index contributed by atoms with van der Waals surface area (Å²) in [6, 6.07) is 11.2. The summed E-state index contributed by atoms with van der Waals surface area (Å²) in [4.78, 5) is 12.3. The number of amides is 1. The van der Waals surface area contributed by atoms with E-state index in [-0.39, 0.29) is 34.2 Å². The number of ether oxygens (including phenoxy) is 2. The summed E-state index contributed by atoms with van der Waals surface area (Å²) in [7, 11) is -2.06. The molecule has 0 fully saturated rings. The number of hydrogen-bond donors (Lipinski definition) is 2. The van der Waals surface area contributed by atoms with E-state index in [1.807, 2.05) is 38.1 Å². The fraction of sp³-hybridized carbons (Fsp3) is 0.350. The Kier molecular flexibility index (Phi) is 8.31. The Morgan fingerprint density at radius 2 is 1.90 bits per heavy atom. The molecular formula is C20H25ClN2O5S. The predicted molar refractivity (Wildman–Crippen MR) is 112 cm³/mol. The van der Waals surface area contributed by atoms with Crippen LogP contribution in [0.3, 0.4) is 0 Å². The van der Waals surface area contributed by atoms with Crippen molar-refractivity contribution in [3.8, 4) is 11.5 Å². The number of nitrogens with one attached hydrogen (secondary N) is 2. The second-order valence-electron chi connectivity index (χ2n) is 6.31. The number of carbonyl (C=O) groups is 1. The molecule has 0 bridgehead atoms. The molecule has 158 valence electrons. The van der Waals surface area contributed by atoms with Crippen LogP contribution in [-0.4, -0.2) is 34.6 Å². The van der Waals surface area contributed by atoms with Crippen LogP contribution in [0.1, 0.15) is 31.9 Å². The van der Waals surface area contributed by atoms with Crippen molar-refractivity contribution in [2.75, 3.05) is 20.3 Å². The number of methoxy groups -OCH3 is 1. The normalized spacial score (nSPS) is 12.3. The molecule has 0 aromatic heterocycles. The highest BCUT2D eigenvalue weighted by molar-refractivity contribution is 7.89. The zero-order valence-electron chi connectivity index (χ0n) is 16.6. The largest absolute Gasteiger partial charge is 0.496 e. The van der Waals surface area contributed by atoms with Gasteiger partial charge in [-0.3, -0.25) is 4.79 Å². The van der Waals surface area contributed by atoms with Gasteiger partial charge in [0.2, 0.25) is 10.0 Å². The van der Waals surface area contributed by atoms with Crippen LogP contribution in [0.4, 0.5) is 0 Å². The van der Waals surface area contributed by atoms with E-state index in [0.717, 1.165) is 5.56 Å². The Hall–Kier alpha value is -2.29. The Bertz CT molecular complexity index is 950. The van der Waals surface area contributed by atoms with Gasteiger partial charge in [0.25, 0.3) is 5.91 Å². The number of sulfonamides is 1. The van der Waals surface area contributed by atoms with E-state index in [9.17, 15) is 13.2 Å². The van der Waals surface area contributed by atoms with E-state index in [1.165, 1.54) is 18.2 Å². The van der Waals surface area contributed by atoms with Crippen molar-refractivity contribution in [2.24, 2.45) is 0 Å². The average Bonchev–Trinajstić information content (AvgIpc) is 2.71. The van der Waals surface area contributed by atoms with Crippen molar-refractivity contribution in [1.82, 2.24) is 10.0 Å². The van der Waals surface area contributed by atoms with Gasteiger partial charge in [0, 0.05) is 12.1 Å². The Labute approximate surface area is 176 Å². The van der Waals surface area contributed by atoms with Gasteiger partial charge in [-0.15, -0.1) is 0 Å². The molecule has 0 saturated heterocycles. The second-order valence-corrected chi connectivity index (χ2v) is 8.48. The van der Waals surface area contributed by atoms with Gasteiger partial charge in [-0.05, 0) is 37.6 Å². The van der Waals surface area contributed by atoms with Crippen LogP contribution in [0, 0.1) is 0 Å². The molecule has 2 rings (SSSR count). The first-order valence-corrected chi connectivity index (χ1v) is 11.0. The van der Waals surface area contributed by atoms with E-state index < -0.39 is 10.0 Å². The van der Waals surface area contributed by atoms with E-state index in [2.05, 4.69) is 10.0 Å². The van der Waals surface area contributed by atoms with Crippen LogP contribution >= 0.6 is 11.6 Å². The maximum absolute atomic E-state index is 12.2. The summed E-state index contributed by atoms with van der Waals surface area (Å²) in [6.45, 7) is 3.78. The third-order valence-corrected chi connectivity index (χ3v) is 5.85. The standard InChI is InChI=1S/C20H25ClN2O5S/c1-4-11-22-29(25,26)15-9-10-19(17(21)12-15)28-13-20(24)23-14(2)16-7-5-6-8-18(16)27-3/h5-10,12,14,22H,4,11,13H2,1-3H3,(H,23,24)/t14-/m0/s1. The molecule has 0 radical (unpaired) electrons. The molecule has 2 N–H and O–H groups in total. The quantitative estimate of drug-likeness (QED) is 0.591. The molecule has 0 spiro atoms. The minimum atomic E-state index is -3.63. The first kappa shape index (κ1) is 23.0. The summed E-state index contributed by atoms with van der Waals surface area (Å²) in [5.41, 5.74) is 0.843. The third-order valence-electron chi connectivity index (χ3n) is 4.10. The molecule has 29 heavy (non-hydrogen) atoms. The van der Waals surface area contributed by atoms with Crippen LogP contribution in [-0.2, 0) is 14.8 Å². The molecule has 7 nitrogen and oxygen atoms in total. The molecular weight excluding hydrogens is 416 g/mol. The zero-order valence-corrected chi connectivity index (χ0v) is 18.1. The van der Waals surface area contributed by atoms with E-state index >= 15 is 0 Å². The van der Waals surface area contributed by atoms with Crippen LogP contribution in [0.25, 0.3) is 0 Å². The highest BCUT2D eigenvalue weighted by Gasteiger charge is 2.17. The number of para-hydroxylation sites is 1. The van der Waals surface area contributed by atoms with Gasteiger partial charge < -0.3 is 14.8 Å². The Morgan fingerprint density at radius 3 is 2.55 bits per heavy atom. The van der Waals surface area contributed by atoms with Crippen LogP contribution in [0.5, 0.6) is 11.5 Å². The van der Waals surface area contributed by atoms with Crippen molar-refractivity contribution in [2.45, 2.75) is 31.2 Å². The van der Waals surface area contributed by atoms with Gasteiger partial charge in [-0.25, -0.2) is 13.1 Å². The minimum Gasteiger partial charge on any atom is -0.496 e. The summed E-state index contributed by atoms with van der Waals surface area (Å²) in [5.74, 6) is 0.555. The lowest BCUT2D eigenvalue weighted by Gasteiger charge is -2.17. The molecule has 2 aromatic rings. The number of benzene rings is 2. The smallest absolute Gasteiger partial charge is 0.258 e. The molecule has 0 saturated carbocycles. The second kappa shape index (κ2) is 10.5. The fourth-order valence-electron chi connectivity index (χ4n) is 2.61. The summed E-state index contributed by atoms with van der Waals surface area (Å²) in [5, 5.41) is 2.93. The lowest BCUT2D eigenvalue weighted by atomic mass is 10.1. The minimum absolute atomic E-state index is 0.0394. The molecule has 9 heteroatoms. The van der Waals surface area contributed by atoms with Crippen molar-refractivity contribution in [3.05, 3.63) is 53.1 Å². The number of halogens is 1.